The minimum absolute atomic E-state index is 0. The van der Waals surface area contributed by atoms with E-state index in [1.165, 1.54) is 0 Å². The molecule has 27 valence electrons. The van der Waals surface area contributed by atoms with Crippen molar-refractivity contribution in [1.29, 1.82) is 0 Å². The summed E-state index contributed by atoms with van der Waals surface area (Å²) in [4.78, 5) is 0. The van der Waals surface area contributed by atoms with Gasteiger partial charge in [0.15, 0.2) is 17.4 Å². The Kier molecular flexibility index (Phi) is 173. The Morgan fingerprint density at radius 1 is 1.00 bits per heavy atom. The van der Waals surface area contributed by atoms with Gasteiger partial charge in [0.2, 0.25) is 0 Å². The summed E-state index contributed by atoms with van der Waals surface area (Å²) in [5.74, 6) is 0. The molecular weight excluding hydrogens is 313 g/mol. The average molecular weight is 322 g/mol. The van der Waals surface area contributed by atoms with Gasteiger partial charge >= 0.3 is 92.4 Å². The zero-order chi connectivity index (χ0) is 0. The van der Waals surface area contributed by atoms with Crippen molar-refractivity contribution in [3.8, 4) is 0 Å². The van der Waals surface area contributed by atoms with Gasteiger partial charge in [0.25, 0.3) is 0 Å². The molecule has 0 unspecified atom stereocenters. The minimum atomic E-state index is 0. The molecule has 0 atom stereocenters. The number of hydrogen-bond donors (Lipinski definition) is 0. The second kappa shape index (κ2) is 24.3. The molecule has 0 aromatic carbocycles. The van der Waals surface area contributed by atoms with Crippen LogP contribution in [0.15, 0.2) is 0 Å². The summed E-state index contributed by atoms with van der Waals surface area (Å²) in [7, 11) is 0. The maximum absolute atomic E-state index is 0. The Bertz CT molecular complexity index is 11.6. The molecule has 0 fully saturated rings. The van der Waals surface area contributed by atoms with Gasteiger partial charge < -0.3 is 0 Å². The predicted octanol–water partition coefficient (Wildman–Crippen LogP) is -3.94. The van der Waals surface area contributed by atoms with Crippen LogP contribution in [-0.4, -0.2) is 110 Å². The van der Waals surface area contributed by atoms with E-state index >= 15 is 0 Å². The number of hydrogen-bond acceptors (Lipinski definition) is 0. The molecule has 0 rings (SSSR count). The van der Waals surface area contributed by atoms with Crippen molar-refractivity contribution in [3.63, 3.8) is 0 Å². The molecule has 0 nitrogen and oxygen atoms in total. The molecule has 0 spiro atoms. The molecule has 0 aliphatic heterocycles. The zero-order valence-corrected chi connectivity index (χ0v) is 6.30. The molecule has 0 amide bonds. The standard InChI is InChI=1S/Al.Mg.Mn.Sn.Sr.9H. The van der Waals surface area contributed by atoms with Crippen molar-refractivity contribution in [2.45, 2.75) is 0 Å². The van der Waals surface area contributed by atoms with Gasteiger partial charge in [0.05, 0.1) is 0 Å². The van der Waals surface area contributed by atoms with Crippen molar-refractivity contribution in [1.82, 2.24) is 0 Å². The molecule has 0 saturated carbocycles. The van der Waals surface area contributed by atoms with Crippen LogP contribution in [0.25, 0.3) is 0 Å². The fraction of sp³-hybridized carbons (Fsp3) is 0. The van der Waals surface area contributed by atoms with Gasteiger partial charge in [0.1, 0.15) is 0 Å². The summed E-state index contributed by atoms with van der Waals surface area (Å²) < 4.78 is 0. The summed E-state index contributed by atoms with van der Waals surface area (Å²) in [6, 6.07) is 0. The molecule has 0 bridgehead atoms. The summed E-state index contributed by atoms with van der Waals surface area (Å²) in [5, 5.41) is 0. The van der Waals surface area contributed by atoms with E-state index in [-0.39, 0.29) is 127 Å². The third-order valence-electron chi connectivity index (χ3n) is 0. The van der Waals surface area contributed by atoms with Crippen LogP contribution in [0.1, 0.15) is 0 Å². The third-order valence-corrected chi connectivity index (χ3v) is 0. The van der Waals surface area contributed by atoms with E-state index in [1.807, 2.05) is 0 Å². The fourth-order valence-electron chi connectivity index (χ4n) is 0. The molecule has 5 heavy (non-hydrogen) atoms. The number of rotatable bonds is 0. The Hall–Kier alpha value is 4.10. The van der Waals surface area contributed by atoms with Crippen LogP contribution in [0.4, 0.5) is 0 Å². The Labute approximate surface area is 124 Å². The molecule has 0 aliphatic rings. The first-order valence-electron chi connectivity index (χ1n) is 0. The molecular formula is H9AlMgMnSnSr. The summed E-state index contributed by atoms with van der Waals surface area (Å²) in [6.45, 7) is 0. The van der Waals surface area contributed by atoms with Crippen LogP contribution in [-0.2, 0) is 17.1 Å². The van der Waals surface area contributed by atoms with Gasteiger partial charge in [-0.05, 0) is 0 Å². The van der Waals surface area contributed by atoms with Crippen molar-refractivity contribution in [2.75, 3.05) is 0 Å². The Balaban J connectivity index is 0. The topological polar surface area (TPSA) is 0 Å². The SMILES string of the molecule is [AlH3].[MgH2].[Mn].[SnH2].[SrH2]. The van der Waals surface area contributed by atoms with Crippen molar-refractivity contribution >= 4 is 110 Å². The molecule has 0 aromatic rings. The van der Waals surface area contributed by atoms with Crippen LogP contribution >= 0.6 is 0 Å². The quantitative estimate of drug-likeness (QED) is 0.400. The third kappa shape index (κ3) is 17.9. The normalized spacial score (nSPS) is 0. The summed E-state index contributed by atoms with van der Waals surface area (Å²) in [5.41, 5.74) is 0. The van der Waals surface area contributed by atoms with Crippen LogP contribution in [0.2, 0.25) is 0 Å². The molecule has 0 heterocycles. The Morgan fingerprint density at radius 2 is 1.00 bits per heavy atom. The van der Waals surface area contributed by atoms with Crippen LogP contribution in [0.3, 0.4) is 0 Å². The van der Waals surface area contributed by atoms with E-state index in [0.29, 0.717) is 0 Å². The van der Waals surface area contributed by atoms with E-state index in [9.17, 15) is 0 Å². The molecule has 0 saturated heterocycles. The maximum atomic E-state index is 0. The fourth-order valence-corrected chi connectivity index (χ4v) is 0. The van der Waals surface area contributed by atoms with Crippen molar-refractivity contribution in [3.05, 3.63) is 0 Å². The van der Waals surface area contributed by atoms with Gasteiger partial charge in [-0.1, -0.05) is 0 Å². The molecule has 0 aliphatic carbocycles. The molecule has 0 aromatic heterocycles. The van der Waals surface area contributed by atoms with Crippen LogP contribution in [0.5, 0.6) is 0 Å². The van der Waals surface area contributed by atoms with Gasteiger partial charge in [-0.25, -0.2) is 0 Å². The zero-order valence-electron chi connectivity index (χ0n) is 1.09. The Morgan fingerprint density at radius 3 is 1.00 bits per heavy atom. The first-order chi connectivity index (χ1) is 0. The van der Waals surface area contributed by atoms with E-state index in [0.717, 1.165) is 0 Å². The van der Waals surface area contributed by atoms with E-state index in [4.69, 9.17) is 0 Å². The molecule has 0 N–H and O–H groups in total. The van der Waals surface area contributed by atoms with Crippen molar-refractivity contribution < 1.29 is 17.1 Å². The second-order valence-electron chi connectivity index (χ2n) is 0. The monoisotopic (exact) mass is 323 g/mol. The van der Waals surface area contributed by atoms with Gasteiger partial charge in [-0.3, -0.25) is 0 Å². The van der Waals surface area contributed by atoms with Crippen LogP contribution < -0.4 is 0 Å². The summed E-state index contributed by atoms with van der Waals surface area (Å²) in [6.07, 6.45) is 0. The summed E-state index contributed by atoms with van der Waals surface area (Å²) >= 11 is 0. The second-order valence-corrected chi connectivity index (χ2v) is 0. The van der Waals surface area contributed by atoms with Gasteiger partial charge in [-0.2, -0.15) is 0 Å². The van der Waals surface area contributed by atoms with Crippen molar-refractivity contribution in [2.24, 2.45) is 0 Å². The molecule has 5 heteroatoms. The average Bonchev–Trinajstić information content (AvgIpc) is 0. The van der Waals surface area contributed by atoms with Gasteiger partial charge in [0, 0.05) is 17.1 Å². The first kappa shape index (κ1) is 35.5. The predicted molar refractivity (Wildman–Crippen MR) is 35.6 cm³/mol. The van der Waals surface area contributed by atoms with Crippen LogP contribution in [0, 0.1) is 0 Å². The van der Waals surface area contributed by atoms with E-state index in [2.05, 4.69) is 0 Å². The van der Waals surface area contributed by atoms with E-state index in [1.54, 1.807) is 0 Å². The van der Waals surface area contributed by atoms with Gasteiger partial charge in [-0.15, -0.1) is 0 Å². The molecule has 3 radical (unpaired) electrons. The van der Waals surface area contributed by atoms with E-state index < -0.39 is 0 Å². The first-order valence-corrected chi connectivity index (χ1v) is 0.